The van der Waals surface area contributed by atoms with Crippen LogP contribution in [0.15, 0.2) is 11.8 Å². The molecule has 1 aliphatic carbocycles. The van der Waals surface area contributed by atoms with E-state index in [0.717, 1.165) is 6.54 Å². The zero-order valence-electron chi connectivity index (χ0n) is 6.14. The molecule has 0 saturated carbocycles. The first-order chi connectivity index (χ1) is 4.88. The molecule has 56 valence electrons. The maximum absolute atomic E-state index is 5.94. The quantitative estimate of drug-likeness (QED) is 0.514. The summed E-state index contributed by atoms with van der Waals surface area (Å²) in [4.78, 5) is 0. The second-order valence-electron chi connectivity index (χ2n) is 3.22. The van der Waals surface area contributed by atoms with Gasteiger partial charge in [-0.3, -0.25) is 0 Å². The summed E-state index contributed by atoms with van der Waals surface area (Å²) in [6, 6.07) is 0.426. The van der Waals surface area contributed by atoms with Gasteiger partial charge in [0.1, 0.15) is 0 Å². The van der Waals surface area contributed by atoms with Gasteiger partial charge >= 0.3 is 0 Å². The Labute approximate surface area is 61.5 Å². The van der Waals surface area contributed by atoms with E-state index in [2.05, 4.69) is 11.4 Å². The first-order valence-electron chi connectivity index (χ1n) is 4.07. The molecule has 2 nitrogen and oxygen atoms in total. The smallest absolute Gasteiger partial charge is 0.0152 e. The van der Waals surface area contributed by atoms with E-state index in [4.69, 9.17) is 5.73 Å². The number of nitrogens with one attached hydrogen (secondary N) is 1. The van der Waals surface area contributed by atoms with Crippen LogP contribution >= 0.6 is 0 Å². The third-order valence-corrected chi connectivity index (χ3v) is 2.57. The van der Waals surface area contributed by atoms with Gasteiger partial charge in [0.25, 0.3) is 0 Å². The number of hydrogen-bond donors (Lipinski definition) is 2. The Balaban J connectivity index is 2.18. The fraction of sp³-hybridized carbons (Fsp3) is 0.750. The molecule has 1 aliphatic heterocycles. The molecule has 0 aromatic carbocycles. The molecule has 0 aromatic rings. The predicted molar refractivity (Wildman–Crippen MR) is 41.4 cm³/mol. The van der Waals surface area contributed by atoms with Crippen LogP contribution in [0.3, 0.4) is 0 Å². The highest BCUT2D eigenvalue weighted by atomic mass is 14.9. The van der Waals surface area contributed by atoms with Gasteiger partial charge in [-0.2, -0.15) is 0 Å². The summed E-state index contributed by atoms with van der Waals surface area (Å²) in [5, 5.41) is 3.37. The van der Waals surface area contributed by atoms with Crippen molar-refractivity contribution in [2.24, 2.45) is 11.7 Å². The lowest BCUT2D eigenvalue weighted by molar-refractivity contribution is 0.447. The highest BCUT2D eigenvalue weighted by molar-refractivity contribution is 5.15. The fourth-order valence-electron chi connectivity index (χ4n) is 1.96. The van der Waals surface area contributed by atoms with E-state index in [1.54, 1.807) is 0 Å². The molecule has 1 heterocycles. The number of fused-ring (bicyclic) bond motifs is 1. The van der Waals surface area contributed by atoms with Crippen LogP contribution in [-0.4, -0.2) is 12.6 Å². The second kappa shape index (κ2) is 2.27. The molecule has 2 atom stereocenters. The average Bonchev–Trinajstić information content (AvgIpc) is 2.36. The van der Waals surface area contributed by atoms with Crippen molar-refractivity contribution >= 4 is 0 Å². The Morgan fingerprint density at radius 2 is 2.40 bits per heavy atom. The van der Waals surface area contributed by atoms with Gasteiger partial charge in [-0.1, -0.05) is 6.08 Å². The van der Waals surface area contributed by atoms with Crippen molar-refractivity contribution in [1.82, 2.24) is 5.32 Å². The Morgan fingerprint density at radius 1 is 1.50 bits per heavy atom. The number of nitrogens with two attached hydrogens (primary N) is 1. The zero-order valence-corrected chi connectivity index (χ0v) is 6.14. The molecule has 3 N–H and O–H groups in total. The molecule has 2 heteroatoms. The van der Waals surface area contributed by atoms with E-state index in [1.807, 2.05) is 0 Å². The van der Waals surface area contributed by atoms with Crippen molar-refractivity contribution in [1.29, 1.82) is 0 Å². The summed E-state index contributed by atoms with van der Waals surface area (Å²) in [5.74, 6) is 0.661. The maximum atomic E-state index is 5.94. The van der Waals surface area contributed by atoms with Crippen LogP contribution in [0.1, 0.15) is 19.3 Å². The van der Waals surface area contributed by atoms with E-state index < -0.39 is 0 Å². The van der Waals surface area contributed by atoms with E-state index in [9.17, 15) is 0 Å². The maximum Gasteiger partial charge on any atom is 0.0152 e. The van der Waals surface area contributed by atoms with Crippen molar-refractivity contribution in [3.63, 3.8) is 0 Å². The normalized spacial score (nSPS) is 38.3. The second-order valence-corrected chi connectivity index (χ2v) is 3.22. The first-order valence-corrected chi connectivity index (χ1v) is 4.07. The lowest BCUT2D eigenvalue weighted by Crippen LogP contribution is -2.32. The highest BCUT2D eigenvalue weighted by Crippen LogP contribution is 2.28. The van der Waals surface area contributed by atoms with Gasteiger partial charge < -0.3 is 11.1 Å². The van der Waals surface area contributed by atoms with Crippen LogP contribution < -0.4 is 11.1 Å². The van der Waals surface area contributed by atoms with Gasteiger partial charge in [-0.15, -0.1) is 0 Å². The average molecular weight is 138 g/mol. The molecule has 10 heavy (non-hydrogen) atoms. The Bertz CT molecular complexity index is 163. The molecular formula is C8H14N2. The number of hydrogen-bond acceptors (Lipinski definition) is 2. The van der Waals surface area contributed by atoms with Gasteiger partial charge in [-0.05, 0) is 19.3 Å². The molecule has 1 saturated heterocycles. The van der Waals surface area contributed by atoms with E-state index in [0.29, 0.717) is 12.0 Å². The Hall–Kier alpha value is -0.500. The summed E-state index contributed by atoms with van der Waals surface area (Å²) in [7, 11) is 0. The van der Waals surface area contributed by atoms with E-state index in [1.165, 1.54) is 25.0 Å². The van der Waals surface area contributed by atoms with E-state index >= 15 is 0 Å². The SMILES string of the molecule is NC1CCC=C2NCCC21. The lowest BCUT2D eigenvalue weighted by Gasteiger charge is -2.23. The Kier molecular flexibility index (Phi) is 1.42. The monoisotopic (exact) mass is 138 g/mol. The largest absolute Gasteiger partial charge is 0.388 e. The van der Waals surface area contributed by atoms with Gasteiger partial charge in [-0.25, -0.2) is 0 Å². The van der Waals surface area contributed by atoms with Crippen molar-refractivity contribution < 1.29 is 0 Å². The van der Waals surface area contributed by atoms with Crippen LogP contribution in [0.4, 0.5) is 0 Å². The molecule has 0 radical (unpaired) electrons. The highest BCUT2D eigenvalue weighted by Gasteiger charge is 2.28. The topological polar surface area (TPSA) is 38.0 Å². The molecule has 2 unspecified atom stereocenters. The number of allylic oxidation sites excluding steroid dienone is 1. The molecule has 0 aromatic heterocycles. The van der Waals surface area contributed by atoms with Gasteiger partial charge in [0.05, 0.1) is 0 Å². The predicted octanol–water partition coefficient (Wildman–Crippen LogP) is 0.601. The minimum absolute atomic E-state index is 0.426. The zero-order chi connectivity index (χ0) is 6.97. The molecule has 0 amide bonds. The van der Waals surface area contributed by atoms with Crippen LogP contribution in [0.2, 0.25) is 0 Å². The third kappa shape index (κ3) is 0.833. The van der Waals surface area contributed by atoms with Crippen LogP contribution in [-0.2, 0) is 0 Å². The minimum atomic E-state index is 0.426. The molecular weight excluding hydrogens is 124 g/mol. The van der Waals surface area contributed by atoms with Gasteiger partial charge in [0, 0.05) is 24.2 Å². The summed E-state index contributed by atoms with van der Waals surface area (Å²) in [6.07, 6.45) is 5.89. The molecule has 1 fully saturated rings. The number of rotatable bonds is 0. The summed E-state index contributed by atoms with van der Waals surface area (Å²) in [5.41, 5.74) is 7.35. The summed E-state index contributed by atoms with van der Waals surface area (Å²) >= 11 is 0. The van der Waals surface area contributed by atoms with Crippen molar-refractivity contribution in [3.05, 3.63) is 11.8 Å². The van der Waals surface area contributed by atoms with Crippen molar-refractivity contribution in [2.45, 2.75) is 25.3 Å². The minimum Gasteiger partial charge on any atom is -0.388 e. The Morgan fingerprint density at radius 3 is 3.20 bits per heavy atom. The van der Waals surface area contributed by atoms with Crippen LogP contribution in [0.5, 0.6) is 0 Å². The van der Waals surface area contributed by atoms with E-state index in [-0.39, 0.29) is 0 Å². The fourth-order valence-corrected chi connectivity index (χ4v) is 1.96. The van der Waals surface area contributed by atoms with Gasteiger partial charge in [0.2, 0.25) is 0 Å². The summed E-state index contributed by atoms with van der Waals surface area (Å²) < 4.78 is 0. The molecule has 0 bridgehead atoms. The van der Waals surface area contributed by atoms with Gasteiger partial charge in [0.15, 0.2) is 0 Å². The molecule has 2 rings (SSSR count). The van der Waals surface area contributed by atoms with Crippen LogP contribution in [0, 0.1) is 5.92 Å². The third-order valence-electron chi connectivity index (χ3n) is 2.57. The lowest BCUT2D eigenvalue weighted by atomic mass is 9.88. The summed E-state index contributed by atoms with van der Waals surface area (Å²) in [6.45, 7) is 1.13. The first kappa shape index (κ1) is 6.23. The van der Waals surface area contributed by atoms with Crippen molar-refractivity contribution in [3.8, 4) is 0 Å². The molecule has 2 aliphatic rings. The van der Waals surface area contributed by atoms with Crippen LogP contribution in [0.25, 0.3) is 0 Å². The molecule has 0 spiro atoms. The van der Waals surface area contributed by atoms with Crippen molar-refractivity contribution in [2.75, 3.05) is 6.54 Å². The standard InChI is InChI=1S/C8H14N2/c9-7-2-1-3-8-6(7)4-5-10-8/h3,6-7,10H,1-2,4-5,9H2.